The molecule has 0 aliphatic rings. The number of ether oxygens (including phenoxy) is 3. The lowest BCUT2D eigenvalue weighted by atomic mass is 10.1. The summed E-state index contributed by atoms with van der Waals surface area (Å²) in [5.74, 6) is 2.05. The Labute approximate surface area is 217 Å². The van der Waals surface area contributed by atoms with Crippen molar-refractivity contribution in [1.29, 1.82) is 0 Å². The van der Waals surface area contributed by atoms with Gasteiger partial charge in [-0.15, -0.1) is 0 Å². The number of nitrogens with one attached hydrogen (secondary N) is 1. The number of aryl methyl sites for hydroxylation is 1. The molecule has 0 saturated carbocycles. The van der Waals surface area contributed by atoms with Crippen LogP contribution >= 0.6 is 0 Å². The van der Waals surface area contributed by atoms with Crippen LogP contribution in [-0.4, -0.2) is 24.2 Å². The van der Waals surface area contributed by atoms with Gasteiger partial charge in [-0.1, -0.05) is 60.7 Å². The number of hydrogen-bond donors (Lipinski definition) is 1. The molecule has 0 bridgehead atoms. The maximum atomic E-state index is 12.0. The first-order chi connectivity index (χ1) is 18.1. The summed E-state index contributed by atoms with van der Waals surface area (Å²) in [6.07, 6.45) is 0.0237. The summed E-state index contributed by atoms with van der Waals surface area (Å²) < 4.78 is 23.0. The zero-order valence-electron chi connectivity index (χ0n) is 21.2. The number of benzene rings is 3. The second kappa shape index (κ2) is 13.3. The predicted octanol–water partition coefficient (Wildman–Crippen LogP) is 6.62. The van der Waals surface area contributed by atoms with Crippen LogP contribution in [0.1, 0.15) is 42.0 Å². The summed E-state index contributed by atoms with van der Waals surface area (Å²) in [5.41, 5.74) is 3.66. The maximum absolute atomic E-state index is 12.0. The molecule has 0 radical (unpaired) electrons. The zero-order chi connectivity index (χ0) is 25.9. The Morgan fingerprint density at radius 1 is 0.946 bits per heavy atom. The molecule has 37 heavy (non-hydrogen) atoms. The molecule has 0 aliphatic heterocycles. The molecule has 4 rings (SSSR count). The van der Waals surface area contributed by atoms with Crippen molar-refractivity contribution in [2.45, 2.75) is 39.6 Å². The van der Waals surface area contributed by atoms with Crippen molar-refractivity contribution in [1.82, 2.24) is 10.3 Å². The molecule has 1 unspecified atom stereocenters. The Hall–Kier alpha value is -4.10. The number of carbonyl (C=O) groups excluding carboxylic acids is 1. The quantitative estimate of drug-likeness (QED) is 0.235. The van der Waals surface area contributed by atoms with Crippen LogP contribution in [0.4, 0.5) is 4.79 Å². The maximum Gasteiger partial charge on any atom is 0.407 e. The third kappa shape index (κ3) is 7.69. The van der Waals surface area contributed by atoms with Gasteiger partial charge in [-0.05, 0) is 55.7 Å². The highest BCUT2D eigenvalue weighted by atomic mass is 16.5. The largest absolute Gasteiger partial charge is 0.487 e. The normalized spacial score (nSPS) is 11.6. The molecule has 0 spiro atoms. The summed E-state index contributed by atoms with van der Waals surface area (Å²) in [7, 11) is 0. The van der Waals surface area contributed by atoms with Gasteiger partial charge in [0.05, 0.1) is 6.10 Å². The first-order valence-electron chi connectivity index (χ1n) is 12.4. The number of alkyl carbamates (subject to hydrolysis) is 1. The van der Waals surface area contributed by atoms with Gasteiger partial charge in [-0.2, -0.15) is 0 Å². The van der Waals surface area contributed by atoms with E-state index in [-0.39, 0.29) is 12.7 Å². The lowest BCUT2D eigenvalue weighted by molar-refractivity contribution is 0.0557. The van der Waals surface area contributed by atoms with Crippen LogP contribution in [0.25, 0.3) is 11.5 Å². The summed E-state index contributed by atoms with van der Waals surface area (Å²) in [6, 6.07) is 27.2. The van der Waals surface area contributed by atoms with E-state index in [1.807, 2.05) is 98.8 Å². The van der Waals surface area contributed by atoms with Crippen LogP contribution in [0, 0.1) is 6.92 Å². The molecule has 1 aromatic heterocycles. The summed E-state index contributed by atoms with van der Waals surface area (Å²) >= 11 is 0. The Morgan fingerprint density at radius 3 is 2.35 bits per heavy atom. The molecule has 1 N–H and O–H groups in total. The molecule has 0 fully saturated rings. The van der Waals surface area contributed by atoms with E-state index in [4.69, 9.17) is 18.6 Å². The number of aromatic nitrogens is 1. The Balaban J connectivity index is 1.26. The molecule has 1 heterocycles. The molecule has 3 aromatic carbocycles. The van der Waals surface area contributed by atoms with Crippen LogP contribution in [0.15, 0.2) is 89.3 Å². The van der Waals surface area contributed by atoms with Gasteiger partial charge in [0, 0.05) is 18.7 Å². The number of oxazole rings is 1. The van der Waals surface area contributed by atoms with E-state index in [1.165, 1.54) is 0 Å². The van der Waals surface area contributed by atoms with Crippen LogP contribution in [0.5, 0.6) is 5.75 Å². The van der Waals surface area contributed by atoms with E-state index in [9.17, 15) is 4.79 Å². The average Bonchev–Trinajstić information content (AvgIpc) is 3.32. The highest BCUT2D eigenvalue weighted by Crippen LogP contribution is 2.25. The number of amides is 1. The molecule has 7 nitrogen and oxygen atoms in total. The minimum Gasteiger partial charge on any atom is -0.487 e. The van der Waals surface area contributed by atoms with Gasteiger partial charge in [-0.3, -0.25) is 0 Å². The Bertz CT molecular complexity index is 1240. The van der Waals surface area contributed by atoms with Crippen LogP contribution < -0.4 is 10.1 Å². The standard InChI is InChI=1S/C30H32N2O5/c1-3-34-28(18-19-31-30(33)36-20-23-10-6-4-7-11-23)24-14-16-26(17-15-24)35-21-27-22(2)37-29(32-27)25-12-8-5-9-13-25/h4-17,28H,3,18-21H2,1-2H3,(H,31,33). The van der Waals surface area contributed by atoms with Gasteiger partial charge in [0.25, 0.3) is 0 Å². The second-order valence-corrected chi connectivity index (χ2v) is 8.47. The minimum absolute atomic E-state index is 0.153. The third-order valence-electron chi connectivity index (χ3n) is 5.80. The molecule has 0 saturated heterocycles. The highest BCUT2D eigenvalue weighted by Gasteiger charge is 2.14. The van der Waals surface area contributed by atoms with Crippen molar-refractivity contribution < 1.29 is 23.4 Å². The van der Waals surface area contributed by atoms with E-state index in [1.54, 1.807) is 0 Å². The first-order valence-corrected chi connectivity index (χ1v) is 12.4. The molecule has 4 aromatic rings. The summed E-state index contributed by atoms with van der Waals surface area (Å²) in [5, 5.41) is 2.80. The molecule has 0 aliphatic carbocycles. The van der Waals surface area contributed by atoms with Gasteiger partial charge in [0.15, 0.2) is 0 Å². The summed E-state index contributed by atoms with van der Waals surface area (Å²) in [4.78, 5) is 16.6. The van der Waals surface area contributed by atoms with Crippen molar-refractivity contribution in [3.63, 3.8) is 0 Å². The van der Waals surface area contributed by atoms with Gasteiger partial charge in [0.1, 0.15) is 30.4 Å². The van der Waals surface area contributed by atoms with E-state index >= 15 is 0 Å². The van der Waals surface area contributed by atoms with E-state index in [0.717, 1.165) is 33.9 Å². The zero-order valence-corrected chi connectivity index (χ0v) is 21.2. The SMILES string of the molecule is CCOC(CCNC(=O)OCc1ccccc1)c1ccc(OCc2nc(-c3ccccc3)oc2C)cc1. The summed E-state index contributed by atoms with van der Waals surface area (Å²) in [6.45, 7) is 5.40. The third-order valence-corrected chi connectivity index (χ3v) is 5.80. The number of carbonyl (C=O) groups is 1. The molecule has 192 valence electrons. The average molecular weight is 501 g/mol. The van der Waals surface area contributed by atoms with E-state index in [0.29, 0.717) is 32.1 Å². The Kier molecular flexibility index (Phi) is 9.32. The molecule has 1 amide bonds. The van der Waals surface area contributed by atoms with Crippen molar-refractivity contribution in [3.8, 4) is 17.2 Å². The number of rotatable bonds is 12. The number of nitrogens with zero attached hydrogens (tertiary/aromatic N) is 1. The Morgan fingerprint density at radius 2 is 1.65 bits per heavy atom. The van der Waals surface area contributed by atoms with Crippen molar-refractivity contribution >= 4 is 6.09 Å². The molecular formula is C30H32N2O5. The van der Waals surface area contributed by atoms with Gasteiger partial charge in [0.2, 0.25) is 5.89 Å². The molecule has 1 atom stereocenters. The smallest absolute Gasteiger partial charge is 0.407 e. The predicted molar refractivity (Wildman–Crippen MR) is 141 cm³/mol. The second-order valence-electron chi connectivity index (χ2n) is 8.47. The van der Waals surface area contributed by atoms with E-state index < -0.39 is 6.09 Å². The van der Waals surface area contributed by atoms with Gasteiger partial charge < -0.3 is 23.9 Å². The fourth-order valence-corrected chi connectivity index (χ4v) is 3.82. The fraction of sp³-hybridized carbons (Fsp3) is 0.267. The van der Waals surface area contributed by atoms with Gasteiger partial charge >= 0.3 is 6.09 Å². The topological polar surface area (TPSA) is 82.8 Å². The van der Waals surface area contributed by atoms with E-state index in [2.05, 4.69) is 10.3 Å². The highest BCUT2D eigenvalue weighted by molar-refractivity contribution is 5.67. The van der Waals surface area contributed by atoms with Crippen LogP contribution in [-0.2, 0) is 22.7 Å². The minimum atomic E-state index is -0.443. The molecule has 7 heteroatoms. The van der Waals surface area contributed by atoms with Crippen molar-refractivity contribution in [2.75, 3.05) is 13.2 Å². The van der Waals surface area contributed by atoms with Crippen LogP contribution in [0.3, 0.4) is 0 Å². The first kappa shape index (κ1) is 26.0. The lowest BCUT2D eigenvalue weighted by Crippen LogP contribution is -2.26. The van der Waals surface area contributed by atoms with Gasteiger partial charge in [-0.25, -0.2) is 9.78 Å². The van der Waals surface area contributed by atoms with Crippen molar-refractivity contribution in [2.24, 2.45) is 0 Å². The number of hydrogen-bond acceptors (Lipinski definition) is 6. The molecular weight excluding hydrogens is 468 g/mol. The van der Waals surface area contributed by atoms with Crippen LogP contribution in [0.2, 0.25) is 0 Å². The fourth-order valence-electron chi connectivity index (χ4n) is 3.82. The monoisotopic (exact) mass is 500 g/mol. The van der Waals surface area contributed by atoms with Crippen molar-refractivity contribution in [3.05, 3.63) is 108 Å². The lowest BCUT2D eigenvalue weighted by Gasteiger charge is -2.18.